The van der Waals surface area contributed by atoms with Crippen LogP contribution >= 0.6 is 0 Å². The topological polar surface area (TPSA) is 62.2 Å². The molecule has 164 valence electrons. The molecule has 1 aliphatic heterocycles. The molecular formula is C25H31N3O3. The van der Waals surface area contributed by atoms with Crippen LogP contribution in [-0.2, 0) is 9.59 Å². The fourth-order valence-electron chi connectivity index (χ4n) is 3.81. The lowest BCUT2D eigenvalue weighted by molar-refractivity contribution is -0.142. The van der Waals surface area contributed by atoms with E-state index in [0.717, 1.165) is 16.8 Å². The first-order chi connectivity index (χ1) is 14.7. The minimum atomic E-state index is -0.289. The Balaban J connectivity index is 1.96. The van der Waals surface area contributed by atoms with Crippen molar-refractivity contribution in [2.24, 2.45) is 11.0 Å². The summed E-state index contributed by atoms with van der Waals surface area (Å²) in [6, 6.07) is 13.6. The summed E-state index contributed by atoms with van der Waals surface area (Å²) in [7, 11) is 3.28. The number of para-hydroxylation sites is 1. The minimum absolute atomic E-state index is 0.0215. The maximum atomic E-state index is 13.2. The van der Waals surface area contributed by atoms with Crippen LogP contribution in [0.5, 0.6) is 5.75 Å². The lowest BCUT2D eigenvalue weighted by Gasteiger charge is -2.26. The average molecular weight is 422 g/mol. The number of carbonyl (C=O) groups excluding carboxylic acids is 2. The van der Waals surface area contributed by atoms with Crippen molar-refractivity contribution in [2.75, 3.05) is 20.7 Å². The van der Waals surface area contributed by atoms with Crippen molar-refractivity contribution in [3.8, 4) is 5.75 Å². The smallest absolute Gasteiger partial charge is 0.262 e. The van der Waals surface area contributed by atoms with Crippen LogP contribution in [0.4, 0.5) is 0 Å². The molecule has 1 atom stereocenters. The normalized spacial score (nSPS) is 15.8. The zero-order valence-corrected chi connectivity index (χ0v) is 19.2. The number of hydrazone groups is 1. The van der Waals surface area contributed by atoms with Gasteiger partial charge < -0.3 is 9.64 Å². The SMILES string of the molecule is COc1ccccc1[C@@H]1CC(c2ccc(C)c(C)c2)=NN1C(=O)CN(C)C(=O)C(C)C. The molecule has 0 radical (unpaired) electrons. The fraction of sp³-hybridized carbons (Fsp3) is 0.400. The van der Waals surface area contributed by atoms with E-state index < -0.39 is 0 Å². The quantitative estimate of drug-likeness (QED) is 0.705. The number of amides is 2. The number of hydrogen-bond donors (Lipinski definition) is 0. The molecule has 2 aromatic rings. The molecule has 31 heavy (non-hydrogen) atoms. The first kappa shape index (κ1) is 22.5. The van der Waals surface area contributed by atoms with Gasteiger partial charge in [0.1, 0.15) is 12.3 Å². The zero-order chi connectivity index (χ0) is 22.7. The summed E-state index contributed by atoms with van der Waals surface area (Å²) in [6.45, 7) is 7.78. The second-order valence-corrected chi connectivity index (χ2v) is 8.39. The van der Waals surface area contributed by atoms with E-state index in [0.29, 0.717) is 12.2 Å². The Labute approximate surface area is 184 Å². The highest BCUT2D eigenvalue weighted by Gasteiger charge is 2.35. The number of benzene rings is 2. The molecular weight excluding hydrogens is 390 g/mol. The van der Waals surface area contributed by atoms with Crippen molar-refractivity contribution < 1.29 is 14.3 Å². The summed E-state index contributed by atoms with van der Waals surface area (Å²) in [5.74, 6) is 0.260. The number of rotatable bonds is 6. The van der Waals surface area contributed by atoms with Crippen molar-refractivity contribution >= 4 is 17.5 Å². The van der Waals surface area contributed by atoms with E-state index in [9.17, 15) is 9.59 Å². The molecule has 0 aliphatic carbocycles. The molecule has 0 saturated heterocycles. The third-order valence-electron chi connectivity index (χ3n) is 5.75. The molecule has 6 heteroatoms. The summed E-state index contributed by atoms with van der Waals surface area (Å²) in [4.78, 5) is 27.0. The molecule has 0 N–H and O–H groups in total. The molecule has 0 bridgehead atoms. The predicted molar refractivity (Wildman–Crippen MR) is 122 cm³/mol. The van der Waals surface area contributed by atoms with Gasteiger partial charge in [-0.15, -0.1) is 0 Å². The summed E-state index contributed by atoms with van der Waals surface area (Å²) in [5, 5.41) is 6.25. The van der Waals surface area contributed by atoms with E-state index in [1.807, 2.05) is 44.2 Å². The van der Waals surface area contributed by atoms with Crippen molar-refractivity contribution in [2.45, 2.75) is 40.2 Å². The van der Waals surface area contributed by atoms with E-state index in [1.54, 1.807) is 14.2 Å². The largest absolute Gasteiger partial charge is 0.496 e. The minimum Gasteiger partial charge on any atom is -0.496 e. The third kappa shape index (κ3) is 4.79. The van der Waals surface area contributed by atoms with Crippen molar-refractivity contribution in [3.05, 3.63) is 64.7 Å². The van der Waals surface area contributed by atoms with Crippen LogP contribution in [0.1, 0.15) is 48.6 Å². The number of carbonyl (C=O) groups is 2. The Morgan fingerprint density at radius 2 is 1.87 bits per heavy atom. The highest BCUT2D eigenvalue weighted by Crippen LogP contribution is 2.37. The first-order valence-corrected chi connectivity index (χ1v) is 10.6. The fourth-order valence-corrected chi connectivity index (χ4v) is 3.81. The molecule has 0 spiro atoms. The summed E-state index contributed by atoms with van der Waals surface area (Å²) < 4.78 is 5.56. The van der Waals surface area contributed by atoms with E-state index in [1.165, 1.54) is 21.0 Å². The Morgan fingerprint density at radius 1 is 1.16 bits per heavy atom. The van der Waals surface area contributed by atoms with Crippen molar-refractivity contribution in [3.63, 3.8) is 0 Å². The number of aryl methyl sites for hydroxylation is 2. The zero-order valence-electron chi connectivity index (χ0n) is 19.2. The second-order valence-electron chi connectivity index (χ2n) is 8.39. The van der Waals surface area contributed by atoms with Crippen LogP contribution in [0.3, 0.4) is 0 Å². The number of nitrogens with zero attached hydrogens (tertiary/aromatic N) is 3. The third-order valence-corrected chi connectivity index (χ3v) is 5.75. The second kappa shape index (κ2) is 9.33. The van der Waals surface area contributed by atoms with Gasteiger partial charge in [0.05, 0.1) is 18.9 Å². The van der Waals surface area contributed by atoms with Gasteiger partial charge in [0.25, 0.3) is 5.91 Å². The van der Waals surface area contributed by atoms with Gasteiger partial charge in [-0.25, -0.2) is 5.01 Å². The van der Waals surface area contributed by atoms with Gasteiger partial charge in [0.2, 0.25) is 5.91 Å². The van der Waals surface area contributed by atoms with Crippen LogP contribution in [0, 0.1) is 19.8 Å². The lowest BCUT2D eigenvalue weighted by Crippen LogP contribution is -2.40. The van der Waals surface area contributed by atoms with Gasteiger partial charge in [-0.2, -0.15) is 5.10 Å². The van der Waals surface area contributed by atoms with Gasteiger partial charge in [-0.05, 0) is 42.7 Å². The molecule has 0 saturated carbocycles. The maximum absolute atomic E-state index is 13.2. The average Bonchev–Trinajstić information content (AvgIpc) is 3.20. The van der Waals surface area contributed by atoms with Gasteiger partial charge >= 0.3 is 0 Å². The molecule has 0 aromatic heterocycles. The number of methoxy groups -OCH3 is 1. The molecule has 0 fully saturated rings. The van der Waals surface area contributed by atoms with E-state index in [2.05, 4.69) is 26.0 Å². The number of hydrogen-bond acceptors (Lipinski definition) is 4. The van der Waals surface area contributed by atoms with E-state index >= 15 is 0 Å². The molecule has 1 aliphatic rings. The Morgan fingerprint density at radius 3 is 2.52 bits per heavy atom. The van der Waals surface area contributed by atoms with Gasteiger partial charge in [0.15, 0.2) is 0 Å². The summed E-state index contributed by atoms with van der Waals surface area (Å²) in [5.41, 5.74) is 5.15. The first-order valence-electron chi connectivity index (χ1n) is 10.6. The Bertz CT molecular complexity index is 1010. The van der Waals surface area contributed by atoms with Crippen molar-refractivity contribution in [1.29, 1.82) is 0 Å². The molecule has 1 heterocycles. The molecule has 3 rings (SSSR count). The summed E-state index contributed by atoms with van der Waals surface area (Å²) in [6.07, 6.45) is 0.580. The Hall–Kier alpha value is -3.15. The monoisotopic (exact) mass is 421 g/mol. The van der Waals surface area contributed by atoms with Gasteiger partial charge in [-0.3, -0.25) is 9.59 Å². The highest BCUT2D eigenvalue weighted by molar-refractivity contribution is 6.03. The number of ether oxygens (including phenoxy) is 1. The lowest BCUT2D eigenvalue weighted by atomic mass is 9.96. The van der Waals surface area contributed by atoms with Crippen molar-refractivity contribution in [1.82, 2.24) is 9.91 Å². The van der Waals surface area contributed by atoms with E-state index in [4.69, 9.17) is 9.84 Å². The van der Waals surface area contributed by atoms with Crippen LogP contribution in [0.25, 0.3) is 0 Å². The van der Waals surface area contributed by atoms with Crippen LogP contribution < -0.4 is 4.74 Å². The van der Waals surface area contributed by atoms with Crippen LogP contribution in [0.2, 0.25) is 0 Å². The molecule has 2 aromatic carbocycles. The predicted octanol–water partition coefficient (Wildman–Crippen LogP) is 4.10. The summed E-state index contributed by atoms with van der Waals surface area (Å²) >= 11 is 0. The maximum Gasteiger partial charge on any atom is 0.262 e. The van der Waals surface area contributed by atoms with Crippen LogP contribution in [-0.4, -0.2) is 48.1 Å². The number of likely N-dealkylation sites (N-methyl/N-ethyl adjacent to an activating group) is 1. The van der Waals surface area contributed by atoms with Crippen LogP contribution in [0.15, 0.2) is 47.6 Å². The Kier molecular flexibility index (Phi) is 6.78. The van der Waals surface area contributed by atoms with Gasteiger partial charge in [0, 0.05) is 24.9 Å². The highest BCUT2D eigenvalue weighted by atomic mass is 16.5. The molecule has 2 amide bonds. The van der Waals surface area contributed by atoms with E-state index in [-0.39, 0.29) is 30.3 Å². The standard InChI is InChI=1S/C25H31N3O3/c1-16(2)25(30)27(5)15-24(29)28-22(20-9-7-8-10-23(20)31-6)14-21(26-28)19-12-11-17(3)18(4)13-19/h7-13,16,22H,14-15H2,1-6H3/t22-/m0/s1. The molecule has 6 nitrogen and oxygen atoms in total. The molecule has 0 unspecified atom stereocenters. The van der Waals surface area contributed by atoms with Gasteiger partial charge in [-0.1, -0.05) is 44.2 Å².